The summed E-state index contributed by atoms with van der Waals surface area (Å²) in [6.45, 7) is 1.90. The van der Waals surface area contributed by atoms with E-state index in [1.807, 2.05) is 4.90 Å². The van der Waals surface area contributed by atoms with Gasteiger partial charge in [0.2, 0.25) is 0 Å². The Morgan fingerprint density at radius 3 is 2.50 bits per heavy atom. The summed E-state index contributed by atoms with van der Waals surface area (Å²) >= 11 is 0. The van der Waals surface area contributed by atoms with Crippen LogP contribution < -0.4 is 0 Å². The van der Waals surface area contributed by atoms with Crippen LogP contribution in [0.4, 0.5) is 0 Å². The van der Waals surface area contributed by atoms with Gasteiger partial charge in [0, 0.05) is 31.1 Å². The number of hydrogen-bond donors (Lipinski definition) is 2. The molecule has 0 aromatic carbocycles. The lowest BCUT2D eigenvalue weighted by molar-refractivity contribution is 0.0572. The first-order valence-electron chi connectivity index (χ1n) is 3.83. The third kappa shape index (κ3) is 2.35. The van der Waals surface area contributed by atoms with E-state index in [0.717, 1.165) is 0 Å². The highest BCUT2D eigenvalue weighted by molar-refractivity contribution is 4.83. The van der Waals surface area contributed by atoms with E-state index in [1.165, 1.54) is 0 Å². The van der Waals surface area contributed by atoms with Crippen LogP contribution in [0.3, 0.4) is 0 Å². The van der Waals surface area contributed by atoms with Gasteiger partial charge in [-0.05, 0) is 5.53 Å². The van der Waals surface area contributed by atoms with E-state index in [4.69, 9.17) is 15.7 Å². The van der Waals surface area contributed by atoms with Crippen LogP contribution in [0.15, 0.2) is 5.11 Å². The number of aliphatic hydroxyl groups is 2. The zero-order valence-electron chi connectivity index (χ0n) is 6.67. The topological polar surface area (TPSA) is 92.5 Å². The molecule has 1 aliphatic heterocycles. The van der Waals surface area contributed by atoms with Crippen molar-refractivity contribution in [2.24, 2.45) is 5.11 Å². The van der Waals surface area contributed by atoms with E-state index in [1.54, 1.807) is 0 Å². The molecular formula is C6H12N4O2. The first-order chi connectivity index (χ1) is 5.74. The molecule has 1 aliphatic rings. The van der Waals surface area contributed by atoms with Crippen LogP contribution in [-0.4, -0.2) is 53.5 Å². The van der Waals surface area contributed by atoms with Gasteiger partial charge in [-0.25, -0.2) is 0 Å². The lowest BCUT2D eigenvalue weighted by Gasteiger charge is -2.11. The summed E-state index contributed by atoms with van der Waals surface area (Å²) in [5.41, 5.74) is 7.99. The number of hydrogen-bond acceptors (Lipinski definition) is 4. The number of rotatable bonds is 3. The van der Waals surface area contributed by atoms with Crippen molar-refractivity contribution >= 4 is 0 Å². The largest absolute Gasteiger partial charge is 0.389 e. The average molecular weight is 172 g/mol. The number of azide groups is 1. The van der Waals surface area contributed by atoms with Gasteiger partial charge in [0.15, 0.2) is 0 Å². The smallest absolute Gasteiger partial charge is 0.0938 e. The molecule has 1 fully saturated rings. The molecule has 0 aromatic heterocycles. The predicted octanol–water partition coefficient (Wildman–Crippen LogP) is -0.666. The molecule has 1 saturated heterocycles. The Bertz CT molecular complexity index is 182. The van der Waals surface area contributed by atoms with Gasteiger partial charge in [-0.2, -0.15) is 0 Å². The van der Waals surface area contributed by atoms with Crippen molar-refractivity contribution in [3.8, 4) is 0 Å². The summed E-state index contributed by atoms with van der Waals surface area (Å²) in [5, 5.41) is 21.6. The minimum Gasteiger partial charge on any atom is -0.389 e. The Labute approximate surface area is 70.0 Å². The molecule has 0 spiro atoms. The van der Waals surface area contributed by atoms with Crippen molar-refractivity contribution in [2.75, 3.05) is 26.2 Å². The molecule has 2 atom stereocenters. The summed E-state index contributed by atoms with van der Waals surface area (Å²) in [4.78, 5) is 4.47. The predicted molar refractivity (Wildman–Crippen MR) is 42.5 cm³/mol. The SMILES string of the molecule is [N-]=[N+]=NCCN1CC(O)C(O)C1. The van der Waals surface area contributed by atoms with Gasteiger partial charge in [0.05, 0.1) is 12.2 Å². The van der Waals surface area contributed by atoms with Crippen LogP contribution >= 0.6 is 0 Å². The third-order valence-electron chi connectivity index (χ3n) is 1.91. The van der Waals surface area contributed by atoms with Gasteiger partial charge in [-0.3, -0.25) is 4.90 Å². The minimum absolute atomic E-state index is 0.385. The molecule has 0 aromatic rings. The van der Waals surface area contributed by atoms with Crippen LogP contribution in [-0.2, 0) is 0 Å². The Morgan fingerprint density at radius 1 is 1.42 bits per heavy atom. The second kappa shape index (κ2) is 4.27. The number of aliphatic hydroxyl groups excluding tert-OH is 2. The first-order valence-corrected chi connectivity index (χ1v) is 3.83. The highest BCUT2D eigenvalue weighted by atomic mass is 16.3. The minimum atomic E-state index is -0.656. The number of β-amino-alcohol motifs (C(OH)–C–C–N with tert-alkyl or cyclic N) is 2. The standard InChI is InChI=1S/C6H12N4O2/c7-9-8-1-2-10-3-5(11)6(12)4-10/h5-6,11-12H,1-4H2. The van der Waals surface area contributed by atoms with Crippen LogP contribution in [0.2, 0.25) is 0 Å². The maximum absolute atomic E-state index is 9.13. The molecular weight excluding hydrogens is 160 g/mol. The van der Waals surface area contributed by atoms with Crippen molar-refractivity contribution in [3.63, 3.8) is 0 Å². The Morgan fingerprint density at radius 2 is 2.00 bits per heavy atom. The van der Waals surface area contributed by atoms with Gasteiger partial charge >= 0.3 is 0 Å². The molecule has 0 saturated carbocycles. The number of likely N-dealkylation sites (tertiary alicyclic amines) is 1. The molecule has 2 unspecified atom stereocenters. The maximum Gasteiger partial charge on any atom is 0.0938 e. The van der Waals surface area contributed by atoms with Gasteiger partial charge in [0.1, 0.15) is 0 Å². The van der Waals surface area contributed by atoms with Crippen molar-refractivity contribution in [3.05, 3.63) is 10.4 Å². The summed E-state index contributed by atoms with van der Waals surface area (Å²) < 4.78 is 0. The van der Waals surface area contributed by atoms with Gasteiger partial charge < -0.3 is 10.2 Å². The molecule has 1 heterocycles. The summed E-state index contributed by atoms with van der Waals surface area (Å²) in [5.74, 6) is 0. The summed E-state index contributed by atoms with van der Waals surface area (Å²) in [7, 11) is 0. The molecule has 12 heavy (non-hydrogen) atoms. The Hall–Kier alpha value is -0.810. The van der Waals surface area contributed by atoms with E-state index in [9.17, 15) is 0 Å². The third-order valence-corrected chi connectivity index (χ3v) is 1.91. The van der Waals surface area contributed by atoms with Crippen molar-refractivity contribution in [1.82, 2.24) is 4.90 Å². The van der Waals surface area contributed by atoms with E-state index in [0.29, 0.717) is 26.2 Å². The van der Waals surface area contributed by atoms with Crippen molar-refractivity contribution in [1.29, 1.82) is 0 Å². The molecule has 1 rings (SSSR count). The zero-order valence-corrected chi connectivity index (χ0v) is 6.67. The first kappa shape index (κ1) is 9.28. The quantitative estimate of drug-likeness (QED) is 0.336. The molecule has 0 bridgehead atoms. The molecule has 0 radical (unpaired) electrons. The van der Waals surface area contributed by atoms with E-state index in [-0.39, 0.29) is 0 Å². The fourth-order valence-electron chi connectivity index (χ4n) is 1.26. The molecule has 0 aliphatic carbocycles. The van der Waals surface area contributed by atoms with Gasteiger partial charge in [-0.15, -0.1) is 0 Å². The monoisotopic (exact) mass is 172 g/mol. The normalized spacial score (nSPS) is 30.2. The van der Waals surface area contributed by atoms with Crippen molar-refractivity contribution in [2.45, 2.75) is 12.2 Å². The summed E-state index contributed by atoms with van der Waals surface area (Å²) in [6.07, 6.45) is -1.31. The molecule has 0 amide bonds. The Balaban J connectivity index is 2.23. The maximum atomic E-state index is 9.13. The van der Waals surface area contributed by atoms with Crippen LogP contribution in [0.5, 0.6) is 0 Å². The highest BCUT2D eigenvalue weighted by Crippen LogP contribution is 2.08. The van der Waals surface area contributed by atoms with E-state index in [2.05, 4.69) is 10.0 Å². The second-order valence-corrected chi connectivity index (χ2v) is 2.85. The van der Waals surface area contributed by atoms with E-state index >= 15 is 0 Å². The summed E-state index contributed by atoms with van der Waals surface area (Å²) in [6, 6.07) is 0. The average Bonchev–Trinajstić information content (AvgIpc) is 2.32. The van der Waals surface area contributed by atoms with Crippen LogP contribution in [0.25, 0.3) is 10.4 Å². The van der Waals surface area contributed by atoms with Crippen molar-refractivity contribution < 1.29 is 10.2 Å². The Kier molecular flexibility index (Phi) is 3.31. The highest BCUT2D eigenvalue weighted by Gasteiger charge is 2.28. The lowest BCUT2D eigenvalue weighted by atomic mass is 10.3. The van der Waals surface area contributed by atoms with Gasteiger partial charge in [-0.1, -0.05) is 5.11 Å². The number of nitrogens with zero attached hydrogens (tertiary/aromatic N) is 4. The molecule has 2 N–H and O–H groups in total. The zero-order chi connectivity index (χ0) is 8.97. The second-order valence-electron chi connectivity index (χ2n) is 2.85. The van der Waals surface area contributed by atoms with Crippen LogP contribution in [0.1, 0.15) is 0 Å². The van der Waals surface area contributed by atoms with Gasteiger partial charge in [0.25, 0.3) is 0 Å². The van der Waals surface area contributed by atoms with E-state index < -0.39 is 12.2 Å². The fraction of sp³-hybridized carbons (Fsp3) is 1.00. The molecule has 6 nitrogen and oxygen atoms in total. The molecule has 68 valence electrons. The lowest BCUT2D eigenvalue weighted by Crippen LogP contribution is -2.24. The van der Waals surface area contributed by atoms with Crippen LogP contribution in [0, 0.1) is 0 Å². The fourth-order valence-corrected chi connectivity index (χ4v) is 1.26. The molecule has 6 heteroatoms.